The van der Waals surface area contributed by atoms with Gasteiger partial charge in [-0.2, -0.15) is 0 Å². The van der Waals surface area contributed by atoms with Crippen LogP contribution in [0, 0.1) is 6.92 Å². The molecule has 0 spiro atoms. The van der Waals surface area contributed by atoms with Crippen LogP contribution in [0.3, 0.4) is 0 Å². The van der Waals surface area contributed by atoms with E-state index in [2.05, 4.69) is 9.71 Å². The van der Waals surface area contributed by atoms with E-state index in [1.807, 2.05) is 12.3 Å². The Labute approximate surface area is 145 Å². The van der Waals surface area contributed by atoms with Crippen molar-refractivity contribution >= 4 is 33.0 Å². The third-order valence-electron chi connectivity index (χ3n) is 4.04. The second-order valence-corrected chi connectivity index (χ2v) is 8.58. The maximum atomic E-state index is 12.4. The van der Waals surface area contributed by atoms with Crippen molar-refractivity contribution in [2.75, 3.05) is 18.5 Å². The number of nitrogens with one attached hydrogen (secondary N) is 1. The van der Waals surface area contributed by atoms with Crippen LogP contribution in [0.4, 0.5) is 5.69 Å². The summed E-state index contributed by atoms with van der Waals surface area (Å²) in [6.45, 7) is 2.23. The highest BCUT2D eigenvalue weighted by Gasteiger charge is 2.23. The zero-order valence-electron chi connectivity index (χ0n) is 13.6. The van der Waals surface area contributed by atoms with Crippen LogP contribution in [0.2, 0.25) is 0 Å². The number of hydrogen-bond donors (Lipinski definition) is 1. The number of amides is 1. The molecule has 1 amide bonds. The molecule has 2 aromatic rings. The fourth-order valence-electron chi connectivity index (χ4n) is 2.72. The Morgan fingerprint density at radius 2 is 2.12 bits per heavy atom. The van der Waals surface area contributed by atoms with Gasteiger partial charge in [-0.15, -0.1) is 11.3 Å². The number of nitrogens with zero attached hydrogens (tertiary/aromatic N) is 2. The summed E-state index contributed by atoms with van der Waals surface area (Å²) in [5.74, 6) is 0.0507. The van der Waals surface area contributed by atoms with Gasteiger partial charge in [0, 0.05) is 37.5 Å². The van der Waals surface area contributed by atoms with Gasteiger partial charge >= 0.3 is 0 Å². The van der Waals surface area contributed by atoms with Gasteiger partial charge in [-0.05, 0) is 37.1 Å². The van der Waals surface area contributed by atoms with E-state index < -0.39 is 10.0 Å². The fraction of sp³-hybridized carbons (Fsp3) is 0.375. The van der Waals surface area contributed by atoms with Crippen LogP contribution < -0.4 is 9.62 Å². The van der Waals surface area contributed by atoms with Crippen LogP contribution in [0.1, 0.15) is 22.7 Å². The monoisotopic (exact) mass is 365 g/mol. The van der Waals surface area contributed by atoms with Crippen LogP contribution in [0.15, 0.2) is 28.5 Å². The maximum Gasteiger partial charge on any atom is 0.240 e. The molecule has 0 saturated carbocycles. The number of sulfonamides is 1. The maximum absolute atomic E-state index is 12.4. The highest BCUT2D eigenvalue weighted by Crippen LogP contribution is 2.28. The Balaban J connectivity index is 1.72. The number of carbonyl (C=O) groups is 1. The SMILES string of the molecule is Cc1nc(CCNS(=O)(=O)c2ccc3c(c2)CCC(=O)N3C)cs1. The Morgan fingerprint density at radius 3 is 2.83 bits per heavy atom. The Morgan fingerprint density at radius 1 is 1.33 bits per heavy atom. The predicted molar refractivity (Wildman–Crippen MR) is 93.9 cm³/mol. The van der Waals surface area contributed by atoms with Crippen LogP contribution in [0.25, 0.3) is 0 Å². The number of rotatable bonds is 5. The first-order chi connectivity index (χ1) is 11.4. The van der Waals surface area contributed by atoms with Gasteiger partial charge in [-0.3, -0.25) is 4.79 Å². The summed E-state index contributed by atoms with van der Waals surface area (Å²) in [6, 6.07) is 4.90. The molecule has 1 N–H and O–H groups in total. The third kappa shape index (κ3) is 3.50. The summed E-state index contributed by atoms with van der Waals surface area (Å²) in [5.41, 5.74) is 2.56. The zero-order valence-corrected chi connectivity index (χ0v) is 15.2. The van der Waals surface area contributed by atoms with Gasteiger partial charge in [0.15, 0.2) is 0 Å². The minimum absolute atomic E-state index is 0.0507. The average Bonchev–Trinajstić information content (AvgIpc) is 2.96. The molecule has 6 nitrogen and oxygen atoms in total. The molecule has 0 saturated heterocycles. The number of carbonyl (C=O) groups excluding carboxylic acids is 1. The Hall–Kier alpha value is -1.77. The van der Waals surface area contributed by atoms with E-state index in [0.717, 1.165) is 22.0 Å². The summed E-state index contributed by atoms with van der Waals surface area (Å²) in [5, 5.41) is 2.91. The van der Waals surface area contributed by atoms with E-state index in [0.29, 0.717) is 25.8 Å². The lowest BCUT2D eigenvalue weighted by Gasteiger charge is -2.26. The lowest BCUT2D eigenvalue weighted by Crippen LogP contribution is -2.31. The van der Waals surface area contributed by atoms with E-state index in [1.54, 1.807) is 41.5 Å². The quantitative estimate of drug-likeness (QED) is 0.877. The van der Waals surface area contributed by atoms with Crippen LogP contribution in [-0.2, 0) is 27.7 Å². The molecule has 3 rings (SSSR count). The highest BCUT2D eigenvalue weighted by atomic mass is 32.2. The molecule has 1 aromatic carbocycles. The highest BCUT2D eigenvalue weighted by molar-refractivity contribution is 7.89. The van der Waals surface area contributed by atoms with E-state index in [9.17, 15) is 13.2 Å². The van der Waals surface area contributed by atoms with Crippen LogP contribution >= 0.6 is 11.3 Å². The van der Waals surface area contributed by atoms with E-state index in [1.165, 1.54) is 0 Å². The zero-order chi connectivity index (χ0) is 17.3. The molecule has 1 aliphatic rings. The molecule has 24 heavy (non-hydrogen) atoms. The van der Waals surface area contributed by atoms with E-state index in [4.69, 9.17) is 0 Å². The second kappa shape index (κ2) is 6.62. The molecule has 0 unspecified atom stereocenters. The molecular formula is C16H19N3O3S2. The summed E-state index contributed by atoms with van der Waals surface area (Å²) in [6.07, 6.45) is 1.54. The van der Waals surface area contributed by atoms with Crippen LogP contribution in [0.5, 0.6) is 0 Å². The normalized spacial score (nSPS) is 14.8. The smallest absolute Gasteiger partial charge is 0.240 e. The number of aryl methyl sites for hydroxylation is 2. The first-order valence-corrected chi connectivity index (χ1v) is 10.0. The molecule has 0 atom stereocenters. The molecular weight excluding hydrogens is 346 g/mol. The largest absolute Gasteiger partial charge is 0.315 e. The molecule has 128 valence electrons. The first-order valence-electron chi connectivity index (χ1n) is 7.67. The van der Waals surface area contributed by atoms with Gasteiger partial charge in [0.2, 0.25) is 15.9 Å². The van der Waals surface area contributed by atoms with Crippen molar-refractivity contribution < 1.29 is 13.2 Å². The lowest BCUT2D eigenvalue weighted by molar-refractivity contribution is -0.118. The minimum Gasteiger partial charge on any atom is -0.315 e. The first kappa shape index (κ1) is 17.1. The van der Waals surface area contributed by atoms with E-state index in [-0.39, 0.29) is 10.8 Å². The van der Waals surface area contributed by atoms with Gasteiger partial charge in [0.25, 0.3) is 0 Å². The van der Waals surface area contributed by atoms with Crippen molar-refractivity contribution in [1.82, 2.24) is 9.71 Å². The second-order valence-electron chi connectivity index (χ2n) is 5.75. The van der Waals surface area contributed by atoms with Gasteiger partial charge in [-0.1, -0.05) is 0 Å². The molecule has 0 fully saturated rings. The number of hydrogen-bond acceptors (Lipinski definition) is 5. The van der Waals surface area contributed by atoms with Gasteiger partial charge in [0.05, 0.1) is 15.6 Å². The molecule has 0 aliphatic carbocycles. The number of aromatic nitrogens is 1. The Bertz CT molecular complexity index is 874. The number of anilines is 1. The average molecular weight is 365 g/mol. The molecule has 1 aliphatic heterocycles. The number of benzene rings is 1. The van der Waals surface area contributed by atoms with Crippen molar-refractivity contribution in [3.8, 4) is 0 Å². The third-order valence-corrected chi connectivity index (χ3v) is 6.33. The number of thiazole rings is 1. The van der Waals surface area contributed by atoms with Gasteiger partial charge in [-0.25, -0.2) is 18.1 Å². The van der Waals surface area contributed by atoms with Crippen molar-refractivity contribution in [2.24, 2.45) is 0 Å². The molecule has 0 bridgehead atoms. The fourth-order valence-corrected chi connectivity index (χ4v) is 4.45. The summed E-state index contributed by atoms with van der Waals surface area (Å²) in [4.78, 5) is 17.8. The molecule has 1 aromatic heterocycles. The summed E-state index contributed by atoms with van der Waals surface area (Å²) < 4.78 is 27.5. The predicted octanol–water partition coefficient (Wildman–Crippen LogP) is 1.88. The van der Waals surface area contributed by atoms with Crippen molar-refractivity contribution in [3.05, 3.63) is 39.8 Å². The molecule has 2 heterocycles. The Kier molecular flexibility index (Phi) is 4.71. The van der Waals surface area contributed by atoms with Gasteiger partial charge < -0.3 is 4.90 Å². The molecule has 0 radical (unpaired) electrons. The van der Waals surface area contributed by atoms with Crippen molar-refractivity contribution in [2.45, 2.75) is 31.1 Å². The lowest BCUT2D eigenvalue weighted by atomic mass is 10.0. The summed E-state index contributed by atoms with van der Waals surface area (Å²) in [7, 11) is -1.86. The minimum atomic E-state index is -3.57. The topological polar surface area (TPSA) is 79.4 Å². The summed E-state index contributed by atoms with van der Waals surface area (Å²) >= 11 is 1.55. The number of fused-ring (bicyclic) bond motifs is 1. The van der Waals surface area contributed by atoms with Crippen LogP contribution in [-0.4, -0.2) is 32.9 Å². The van der Waals surface area contributed by atoms with E-state index >= 15 is 0 Å². The molecule has 8 heteroatoms. The standard InChI is InChI=1S/C16H19N3O3S2/c1-11-18-13(10-23-11)7-8-17-24(21,22)14-4-5-15-12(9-14)3-6-16(20)19(15)2/h4-5,9-10,17H,3,6-8H2,1-2H3. The van der Waals surface area contributed by atoms with Crippen molar-refractivity contribution in [1.29, 1.82) is 0 Å². The van der Waals surface area contributed by atoms with Gasteiger partial charge in [0.1, 0.15) is 0 Å². The van der Waals surface area contributed by atoms with Crippen molar-refractivity contribution in [3.63, 3.8) is 0 Å².